The summed E-state index contributed by atoms with van der Waals surface area (Å²) in [6, 6.07) is 9.12. The molecule has 0 atom stereocenters. The molecule has 0 bridgehead atoms. The molecule has 0 saturated carbocycles. The molecule has 0 unspecified atom stereocenters. The van der Waals surface area contributed by atoms with Crippen molar-refractivity contribution in [3.63, 3.8) is 0 Å². The lowest BCUT2D eigenvalue weighted by Crippen LogP contribution is -2.12. The molecule has 98 valence electrons. The summed E-state index contributed by atoms with van der Waals surface area (Å²) in [5, 5.41) is 2.60. The number of amides is 1. The Morgan fingerprint density at radius 1 is 1.26 bits per heavy atom. The molecule has 0 radical (unpaired) electrons. The molecule has 0 aromatic heterocycles. The number of nitrogens with one attached hydrogen (secondary N) is 1. The zero-order valence-corrected chi connectivity index (χ0v) is 12.7. The molecule has 1 N–H and O–H groups in total. The van der Waals surface area contributed by atoms with Gasteiger partial charge in [-0.2, -0.15) is 0 Å². The van der Waals surface area contributed by atoms with Gasteiger partial charge in [0.2, 0.25) is 0 Å². The fourth-order valence-corrected chi connectivity index (χ4v) is 2.27. The number of anilines is 1. The van der Waals surface area contributed by atoms with Gasteiger partial charge in [-0.15, -0.1) is 12.6 Å². The molecular weight excluding hydrogens is 353 g/mol. The van der Waals surface area contributed by atoms with Crippen LogP contribution in [0.4, 0.5) is 10.1 Å². The Morgan fingerprint density at radius 2 is 2.00 bits per heavy atom. The van der Waals surface area contributed by atoms with Gasteiger partial charge in [0.05, 0.1) is 10.6 Å². The maximum Gasteiger partial charge on any atom is 0.256 e. The van der Waals surface area contributed by atoms with Crippen LogP contribution in [0, 0.1) is 5.82 Å². The highest BCUT2D eigenvalue weighted by molar-refractivity contribution is 9.10. The van der Waals surface area contributed by atoms with E-state index in [1.807, 2.05) is 0 Å². The van der Waals surface area contributed by atoms with Gasteiger partial charge in [-0.1, -0.05) is 11.6 Å². The Kier molecular flexibility index (Phi) is 4.50. The summed E-state index contributed by atoms with van der Waals surface area (Å²) in [5.74, 6) is -0.858. The first kappa shape index (κ1) is 14.4. The van der Waals surface area contributed by atoms with E-state index in [1.165, 1.54) is 18.2 Å². The van der Waals surface area contributed by atoms with E-state index >= 15 is 0 Å². The number of hydrogen-bond acceptors (Lipinski definition) is 2. The predicted molar refractivity (Wildman–Crippen MR) is 80.8 cm³/mol. The van der Waals surface area contributed by atoms with Crippen molar-refractivity contribution in [2.75, 3.05) is 5.32 Å². The van der Waals surface area contributed by atoms with Crippen LogP contribution in [0.5, 0.6) is 0 Å². The van der Waals surface area contributed by atoms with Crippen molar-refractivity contribution < 1.29 is 9.18 Å². The molecule has 2 aromatic rings. The summed E-state index contributed by atoms with van der Waals surface area (Å²) < 4.78 is 13.7. The average Bonchev–Trinajstić information content (AvgIpc) is 2.36. The molecule has 0 fully saturated rings. The van der Waals surface area contributed by atoms with Gasteiger partial charge in [-0.05, 0) is 52.3 Å². The van der Waals surface area contributed by atoms with E-state index in [1.54, 1.807) is 18.2 Å². The Balaban J connectivity index is 2.25. The molecule has 2 nitrogen and oxygen atoms in total. The van der Waals surface area contributed by atoms with E-state index in [0.717, 1.165) is 0 Å². The van der Waals surface area contributed by atoms with E-state index in [-0.39, 0.29) is 10.9 Å². The van der Waals surface area contributed by atoms with E-state index in [2.05, 4.69) is 33.9 Å². The van der Waals surface area contributed by atoms with Crippen LogP contribution in [0.1, 0.15) is 10.4 Å². The molecule has 0 aliphatic carbocycles. The number of benzene rings is 2. The van der Waals surface area contributed by atoms with Crippen LogP contribution in [-0.2, 0) is 0 Å². The monoisotopic (exact) mass is 359 g/mol. The standard InChI is InChI=1S/C13H8BrClFNOS/c14-10-3-2-8(19)6-9(10)13(18)17-7-1-4-12(16)11(15)5-7/h1-6,19H,(H,17,18). The summed E-state index contributed by atoms with van der Waals surface area (Å²) in [4.78, 5) is 12.7. The first-order valence-corrected chi connectivity index (χ1v) is 6.84. The van der Waals surface area contributed by atoms with Crippen LogP contribution in [0.15, 0.2) is 45.8 Å². The Bertz CT molecular complexity index is 651. The third-order valence-electron chi connectivity index (χ3n) is 2.37. The summed E-state index contributed by atoms with van der Waals surface area (Å²) in [5.41, 5.74) is 0.862. The zero-order valence-electron chi connectivity index (χ0n) is 9.45. The smallest absolute Gasteiger partial charge is 0.256 e. The molecule has 0 aliphatic heterocycles. The van der Waals surface area contributed by atoms with Crippen LogP contribution >= 0.6 is 40.2 Å². The lowest BCUT2D eigenvalue weighted by molar-refractivity contribution is 0.102. The van der Waals surface area contributed by atoms with Crippen LogP contribution in [0.2, 0.25) is 5.02 Å². The zero-order chi connectivity index (χ0) is 14.0. The molecule has 19 heavy (non-hydrogen) atoms. The molecule has 6 heteroatoms. The molecular formula is C13H8BrClFNOS. The normalized spacial score (nSPS) is 10.3. The molecule has 0 heterocycles. The van der Waals surface area contributed by atoms with Crippen LogP contribution in [-0.4, -0.2) is 5.91 Å². The average molecular weight is 361 g/mol. The van der Waals surface area contributed by atoms with Gasteiger partial charge in [0, 0.05) is 15.1 Å². The van der Waals surface area contributed by atoms with E-state index < -0.39 is 5.82 Å². The van der Waals surface area contributed by atoms with Gasteiger partial charge >= 0.3 is 0 Å². The number of carbonyl (C=O) groups excluding carboxylic acids is 1. The number of halogens is 3. The van der Waals surface area contributed by atoms with Gasteiger partial charge in [0.25, 0.3) is 5.91 Å². The molecule has 0 saturated heterocycles. The van der Waals surface area contributed by atoms with Gasteiger partial charge in [0.15, 0.2) is 0 Å². The first-order chi connectivity index (χ1) is 8.97. The van der Waals surface area contributed by atoms with Crippen molar-refractivity contribution in [2.45, 2.75) is 4.90 Å². The third kappa shape index (κ3) is 3.49. The second-order valence-corrected chi connectivity index (χ2v) is 5.53. The topological polar surface area (TPSA) is 29.1 Å². The molecule has 2 aromatic carbocycles. The highest BCUT2D eigenvalue weighted by Gasteiger charge is 2.11. The number of carbonyl (C=O) groups is 1. The van der Waals surface area contributed by atoms with Gasteiger partial charge in [-0.25, -0.2) is 4.39 Å². The van der Waals surface area contributed by atoms with Crippen molar-refractivity contribution in [1.29, 1.82) is 0 Å². The maximum atomic E-state index is 13.0. The second kappa shape index (κ2) is 5.94. The van der Waals surface area contributed by atoms with Crippen molar-refractivity contribution in [1.82, 2.24) is 0 Å². The Morgan fingerprint density at radius 3 is 2.68 bits per heavy atom. The maximum absolute atomic E-state index is 13.0. The van der Waals surface area contributed by atoms with E-state index in [4.69, 9.17) is 11.6 Å². The minimum atomic E-state index is -0.529. The van der Waals surface area contributed by atoms with Crippen LogP contribution < -0.4 is 5.32 Å². The molecule has 1 amide bonds. The van der Waals surface area contributed by atoms with Gasteiger partial charge < -0.3 is 5.32 Å². The third-order valence-corrected chi connectivity index (χ3v) is 3.63. The van der Waals surface area contributed by atoms with E-state index in [9.17, 15) is 9.18 Å². The minimum absolute atomic E-state index is 0.0418. The molecule has 2 rings (SSSR count). The summed E-state index contributed by atoms with van der Waals surface area (Å²) in [6.45, 7) is 0. The largest absolute Gasteiger partial charge is 0.322 e. The summed E-state index contributed by atoms with van der Waals surface area (Å²) >= 11 is 13.1. The van der Waals surface area contributed by atoms with Crippen molar-refractivity contribution in [3.8, 4) is 0 Å². The quantitative estimate of drug-likeness (QED) is 0.741. The van der Waals surface area contributed by atoms with Gasteiger partial charge in [-0.3, -0.25) is 4.79 Å². The van der Waals surface area contributed by atoms with Crippen molar-refractivity contribution in [3.05, 3.63) is 57.3 Å². The van der Waals surface area contributed by atoms with Crippen molar-refractivity contribution in [2.24, 2.45) is 0 Å². The first-order valence-electron chi connectivity index (χ1n) is 5.22. The number of hydrogen-bond donors (Lipinski definition) is 2. The summed E-state index contributed by atoms with van der Waals surface area (Å²) in [6.07, 6.45) is 0. The van der Waals surface area contributed by atoms with Crippen LogP contribution in [0.3, 0.4) is 0 Å². The van der Waals surface area contributed by atoms with Crippen LogP contribution in [0.25, 0.3) is 0 Å². The Hall–Kier alpha value is -1.04. The number of thiol groups is 1. The highest BCUT2D eigenvalue weighted by Crippen LogP contribution is 2.23. The summed E-state index contributed by atoms with van der Waals surface area (Å²) in [7, 11) is 0. The lowest BCUT2D eigenvalue weighted by Gasteiger charge is -2.08. The highest BCUT2D eigenvalue weighted by atomic mass is 79.9. The minimum Gasteiger partial charge on any atom is -0.322 e. The second-order valence-electron chi connectivity index (χ2n) is 3.75. The van der Waals surface area contributed by atoms with E-state index in [0.29, 0.717) is 20.6 Å². The number of rotatable bonds is 2. The Labute approximate surface area is 128 Å². The fourth-order valence-electron chi connectivity index (χ4n) is 1.46. The van der Waals surface area contributed by atoms with Crippen molar-refractivity contribution >= 4 is 51.8 Å². The predicted octanol–water partition coefficient (Wildman–Crippen LogP) is 4.78. The van der Waals surface area contributed by atoms with Gasteiger partial charge in [0.1, 0.15) is 5.82 Å². The SMILES string of the molecule is O=C(Nc1ccc(F)c(Cl)c1)c1cc(S)ccc1Br. The molecule has 0 spiro atoms. The molecule has 0 aliphatic rings. The lowest BCUT2D eigenvalue weighted by atomic mass is 10.2. The fraction of sp³-hybridized carbons (Fsp3) is 0.